The molecule has 3 rings (SSSR count). The van der Waals surface area contributed by atoms with Gasteiger partial charge in [0.25, 0.3) is 5.91 Å². The Kier molecular flexibility index (Phi) is 6.09. The molecule has 3 aromatic rings. The Bertz CT molecular complexity index is 904. The average Bonchev–Trinajstić information content (AvgIpc) is 2.67. The van der Waals surface area contributed by atoms with Gasteiger partial charge in [0.15, 0.2) is 6.61 Å². The van der Waals surface area contributed by atoms with Crippen LogP contribution < -0.4 is 10.1 Å². The first-order valence-electron chi connectivity index (χ1n) is 9.14. The number of nitrogens with one attached hydrogen (secondary N) is 1. The Morgan fingerprint density at radius 1 is 1.00 bits per heavy atom. The molecule has 0 fully saturated rings. The minimum absolute atomic E-state index is 0.00634. The molecule has 0 saturated carbocycles. The van der Waals surface area contributed by atoms with Crippen molar-refractivity contribution in [2.45, 2.75) is 13.0 Å². The second kappa shape index (κ2) is 8.69. The van der Waals surface area contributed by atoms with Gasteiger partial charge in [0.1, 0.15) is 5.75 Å². The number of fused-ring (bicyclic) bond motifs is 1. The number of amides is 1. The lowest BCUT2D eigenvalue weighted by Gasteiger charge is -2.25. The van der Waals surface area contributed by atoms with E-state index in [1.807, 2.05) is 50.5 Å². The minimum atomic E-state index is -0.123. The van der Waals surface area contributed by atoms with E-state index in [1.165, 1.54) is 11.1 Å². The van der Waals surface area contributed by atoms with E-state index < -0.39 is 0 Å². The molecule has 0 saturated heterocycles. The summed E-state index contributed by atoms with van der Waals surface area (Å²) in [6.45, 7) is 2.61. The van der Waals surface area contributed by atoms with Gasteiger partial charge in [0.05, 0.1) is 6.04 Å². The van der Waals surface area contributed by atoms with Crippen molar-refractivity contribution >= 4 is 16.7 Å². The Balaban J connectivity index is 1.55. The van der Waals surface area contributed by atoms with Crippen molar-refractivity contribution < 1.29 is 9.53 Å². The van der Waals surface area contributed by atoms with Gasteiger partial charge in [-0.05, 0) is 49.5 Å². The number of carbonyl (C=O) groups is 1. The highest BCUT2D eigenvalue weighted by Crippen LogP contribution is 2.21. The monoisotopic (exact) mass is 362 g/mol. The van der Waals surface area contributed by atoms with Crippen molar-refractivity contribution in [1.82, 2.24) is 10.2 Å². The molecule has 0 unspecified atom stereocenters. The maximum atomic E-state index is 12.2. The summed E-state index contributed by atoms with van der Waals surface area (Å²) >= 11 is 0. The van der Waals surface area contributed by atoms with Crippen LogP contribution >= 0.6 is 0 Å². The highest BCUT2D eigenvalue weighted by atomic mass is 16.5. The molecule has 0 radical (unpaired) electrons. The van der Waals surface area contributed by atoms with Crippen LogP contribution in [-0.2, 0) is 4.79 Å². The summed E-state index contributed by atoms with van der Waals surface area (Å²) in [6, 6.07) is 22.5. The summed E-state index contributed by atoms with van der Waals surface area (Å²) in [5.41, 5.74) is 2.41. The van der Waals surface area contributed by atoms with Gasteiger partial charge in [-0.3, -0.25) is 4.79 Å². The molecule has 1 atom stereocenters. The maximum absolute atomic E-state index is 12.2. The minimum Gasteiger partial charge on any atom is -0.484 e. The van der Waals surface area contributed by atoms with Gasteiger partial charge >= 0.3 is 0 Å². The molecule has 4 heteroatoms. The van der Waals surface area contributed by atoms with Gasteiger partial charge in [0, 0.05) is 6.54 Å². The number of benzene rings is 3. The van der Waals surface area contributed by atoms with Crippen LogP contribution in [0.1, 0.15) is 17.2 Å². The third-order valence-electron chi connectivity index (χ3n) is 4.67. The normalized spacial score (nSPS) is 12.1. The Labute approximate surface area is 160 Å². The molecule has 0 spiro atoms. The van der Waals surface area contributed by atoms with E-state index in [9.17, 15) is 4.79 Å². The summed E-state index contributed by atoms with van der Waals surface area (Å²) < 4.78 is 5.66. The molecule has 140 valence electrons. The zero-order valence-electron chi connectivity index (χ0n) is 16.1. The van der Waals surface area contributed by atoms with Crippen LogP contribution in [0.4, 0.5) is 0 Å². The van der Waals surface area contributed by atoms with Gasteiger partial charge in [-0.15, -0.1) is 0 Å². The van der Waals surface area contributed by atoms with Gasteiger partial charge < -0.3 is 15.0 Å². The summed E-state index contributed by atoms with van der Waals surface area (Å²) in [5.74, 6) is 0.577. The quantitative estimate of drug-likeness (QED) is 0.692. The van der Waals surface area contributed by atoms with Crippen LogP contribution in [0.2, 0.25) is 0 Å². The molecule has 0 aliphatic carbocycles. The van der Waals surface area contributed by atoms with Crippen LogP contribution in [0.25, 0.3) is 10.8 Å². The molecular weight excluding hydrogens is 336 g/mol. The van der Waals surface area contributed by atoms with Crippen molar-refractivity contribution in [2.75, 3.05) is 27.2 Å². The third kappa shape index (κ3) is 5.08. The fourth-order valence-corrected chi connectivity index (χ4v) is 3.05. The van der Waals surface area contributed by atoms with Gasteiger partial charge in [0.2, 0.25) is 0 Å². The number of carbonyl (C=O) groups excluding carboxylic acids is 1. The summed E-state index contributed by atoms with van der Waals surface area (Å²) in [4.78, 5) is 14.3. The predicted molar refractivity (Wildman–Crippen MR) is 110 cm³/mol. The maximum Gasteiger partial charge on any atom is 0.258 e. The molecule has 1 amide bonds. The predicted octanol–water partition coefficient (Wildman–Crippen LogP) is 3.95. The van der Waals surface area contributed by atoms with E-state index in [1.54, 1.807) is 0 Å². The fourth-order valence-electron chi connectivity index (χ4n) is 3.05. The number of nitrogens with zero attached hydrogens (tertiary/aromatic N) is 1. The lowest BCUT2D eigenvalue weighted by Crippen LogP contribution is -2.36. The van der Waals surface area contributed by atoms with Gasteiger partial charge in [-0.1, -0.05) is 60.2 Å². The number of aryl methyl sites for hydroxylation is 1. The molecule has 1 N–H and O–H groups in total. The topological polar surface area (TPSA) is 41.6 Å². The van der Waals surface area contributed by atoms with Crippen LogP contribution in [-0.4, -0.2) is 38.1 Å². The highest BCUT2D eigenvalue weighted by molar-refractivity contribution is 5.84. The second-order valence-electron chi connectivity index (χ2n) is 6.99. The Hall–Kier alpha value is -2.85. The van der Waals surface area contributed by atoms with Crippen LogP contribution in [0.15, 0.2) is 66.7 Å². The van der Waals surface area contributed by atoms with Crippen LogP contribution in [0, 0.1) is 6.92 Å². The average molecular weight is 362 g/mol. The SMILES string of the molecule is Cc1ccc([C@@H](CNC(=O)COc2ccc3ccccc3c2)N(C)C)cc1. The van der Waals surface area contributed by atoms with Crippen molar-refractivity contribution in [3.63, 3.8) is 0 Å². The van der Waals surface area contributed by atoms with Crippen molar-refractivity contribution in [3.05, 3.63) is 77.9 Å². The number of ether oxygens (including phenoxy) is 1. The van der Waals surface area contributed by atoms with Gasteiger partial charge in [-0.2, -0.15) is 0 Å². The van der Waals surface area contributed by atoms with Gasteiger partial charge in [-0.25, -0.2) is 0 Å². The zero-order chi connectivity index (χ0) is 19.2. The standard InChI is InChI=1S/C23H26N2O2/c1-17-8-10-19(11-9-17)22(25(2)3)15-24-23(26)16-27-21-13-12-18-6-4-5-7-20(18)14-21/h4-14,22H,15-16H2,1-3H3,(H,24,26)/t22-/m1/s1. The zero-order valence-corrected chi connectivity index (χ0v) is 16.1. The van der Waals surface area contributed by atoms with Crippen molar-refractivity contribution in [2.24, 2.45) is 0 Å². The molecule has 0 bridgehead atoms. The number of likely N-dealkylation sites (N-methyl/N-ethyl adjacent to an activating group) is 1. The molecular formula is C23H26N2O2. The first kappa shape index (κ1) is 18.9. The number of hydrogen-bond acceptors (Lipinski definition) is 3. The first-order chi connectivity index (χ1) is 13.0. The molecule has 0 heterocycles. The highest BCUT2D eigenvalue weighted by Gasteiger charge is 2.15. The Morgan fingerprint density at radius 3 is 2.41 bits per heavy atom. The molecule has 0 aromatic heterocycles. The van der Waals surface area contributed by atoms with Crippen molar-refractivity contribution in [3.8, 4) is 5.75 Å². The van der Waals surface area contributed by atoms with Crippen molar-refractivity contribution in [1.29, 1.82) is 0 Å². The molecule has 4 nitrogen and oxygen atoms in total. The smallest absolute Gasteiger partial charge is 0.258 e. The Morgan fingerprint density at radius 2 is 1.70 bits per heavy atom. The first-order valence-corrected chi connectivity index (χ1v) is 9.14. The number of rotatable bonds is 7. The summed E-state index contributed by atoms with van der Waals surface area (Å²) in [6.07, 6.45) is 0. The van der Waals surface area contributed by atoms with E-state index in [4.69, 9.17) is 4.74 Å². The molecule has 3 aromatic carbocycles. The van der Waals surface area contributed by atoms with Crippen LogP contribution in [0.5, 0.6) is 5.75 Å². The molecule has 0 aliphatic heterocycles. The van der Waals surface area contributed by atoms with E-state index >= 15 is 0 Å². The summed E-state index contributed by atoms with van der Waals surface area (Å²) in [7, 11) is 4.03. The van der Waals surface area contributed by atoms with E-state index in [-0.39, 0.29) is 18.6 Å². The van der Waals surface area contributed by atoms with Crippen LogP contribution in [0.3, 0.4) is 0 Å². The van der Waals surface area contributed by atoms with E-state index in [0.29, 0.717) is 12.3 Å². The van der Waals surface area contributed by atoms with E-state index in [0.717, 1.165) is 10.8 Å². The largest absolute Gasteiger partial charge is 0.484 e. The van der Waals surface area contributed by atoms with E-state index in [2.05, 4.69) is 47.5 Å². The third-order valence-corrected chi connectivity index (χ3v) is 4.67. The second-order valence-corrected chi connectivity index (χ2v) is 6.99. The molecule has 0 aliphatic rings. The number of hydrogen-bond donors (Lipinski definition) is 1. The summed E-state index contributed by atoms with van der Waals surface area (Å²) in [5, 5.41) is 5.23. The lowest BCUT2D eigenvalue weighted by molar-refractivity contribution is -0.123. The fraction of sp³-hybridized carbons (Fsp3) is 0.261. The molecule has 27 heavy (non-hydrogen) atoms. The lowest BCUT2D eigenvalue weighted by atomic mass is 10.0.